The number of halogens is 1. The molecule has 3 aliphatic rings. The van der Waals surface area contributed by atoms with Gasteiger partial charge in [0.05, 0.1) is 16.7 Å². The Morgan fingerprint density at radius 1 is 1.21 bits per heavy atom. The standard InChI is InChI=1S/C21H24ClN3O3/c22-19-3-7-23-12-16(19)2-1-15-4-8-24(9-5-15)21(27)25-10-6-20-17(13-25)11-18(26)14-28-20/h3,7,12,15,17,20H,4-6,8-11,13-14H2/t17-,20+/m1/s1. The van der Waals surface area contributed by atoms with E-state index in [1.807, 2.05) is 9.80 Å². The highest BCUT2D eigenvalue weighted by Crippen LogP contribution is 2.28. The predicted octanol–water partition coefficient (Wildman–Crippen LogP) is 2.60. The van der Waals surface area contributed by atoms with Crippen molar-refractivity contribution >= 4 is 23.4 Å². The molecule has 3 fully saturated rings. The van der Waals surface area contributed by atoms with E-state index in [0.29, 0.717) is 37.6 Å². The number of hydrogen-bond acceptors (Lipinski definition) is 4. The van der Waals surface area contributed by atoms with Gasteiger partial charge in [-0.3, -0.25) is 9.78 Å². The van der Waals surface area contributed by atoms with Crippen molar-refractivity contribution in [1.29, 1.82) is 0 Å². The van der Waals surface area contributed by atoms with Crippen LogP contribution in [0.5, 0.6) is 0 Å². The van der Waals surface area contributed by atoms with E-state index in [1.165, 1.54) is 0 Å². The number of carbonyl (C=O) groups is 2. The zero-order valence-electron chi connectivity index (χ0n) is 15.8. The van der Waals surface area contributed by atoms with Crippen molar-refractivity contribution in [3.05, 3.63) is 29.0 Å². The highest BCUT2D eigenvalue weighted by molar-refractivity contribution is 6.31. The van der Waals surface area contributed by atoms with Gasteiger partial charge in [0, 0.05) is 56.8 Å². The number of urea groups is 1. The van der Waals surface area contributed by atoms with Gasteiger partial charge < -0.3 is 14.5 Å². The van der Waals surface area contributed by atoms with Crippen molar-refractivity contribution in [2.45, 2.75) is 31.8 Å². The zero-order chi connectivity index (χ0) is 19.5. The number of rotatable bonds is 0. The second-order valence-corrected chi connectivity index (χ2v) is 8.16. The van der Waals surface area contributed by atoms with Gasteiger partial charge in [-0.05, 0) is 25.3 Å². The normalized spacial score (nSPS) is 25.7. The molecule has 0 aliphatic carbocycles. The highest BCUT2D eigenvalue weighted by Gasteiger charge is 2.38. The average molecular weight is 402 g/mol. The molecule has 0 unspecified atom stereocenters. The van der Waals surface area contributed by atoms with Crippen LogP contribution in [-0.4, -0.2) is 65.5 Å². The molecular formula is C21H24ClN3O3. The number of Topliss-reactive ketones (excluding diaryl/α,β-unsaturated/α-hetero) is 1. The van der Waals surface area contributed by atoms with Crippen LogP contribution in [0.4, 0.5) is 4.79 Å². The topological polar surface area (TPSA) is 62.7 Å². The van der Waals surface area contributed by atoms with Crippen LogP contribution in [0.3, 0.4) is 0 Å². The van der Waals surface area contributed by atoms with Crippen LogP contribution in [-0.2, 0) is 9.53 Å². The maximum Gasteiger partial charge on any atom is 0.320 e. The number of piperidine rings is 2. The zero-order valence-corrected chi connectivity index (χ0v) is 16.5. The van der Waals surface area contributed by atoms with Crippen molar-refractivity contribution < 1.29 is 14.3 Å². The molecule has 6 nitrogen and oxygen atoms in total. The van der Waals surface area contributed by atoms with Gasteiger partial charge in [0.15, 0.2) is 5.78 Å². The smallest absolute Gasteiger partial charge is 0.320 e. The molecule has 148 valence electrons. The summed E-state index contributed by atoms with van der Waals surface area (Å²) in [6, 6.07) is 1.82. The Bertz CT molecular complexity index is 811. The van der Waals surface area contributed by atoms with E-state index in [4.69, 9.17) is 16.3 Å². The number of aromatic nitrogens is 1. The SMILES string of the molecule is O=C1CO[C@H]2CCN(C(=O)N3CCC(C#Cc4cnccc4Cl)CC3)C[C@H]2C1. The number of ether oxygens (including phenoxy) is 1. The summed E-state index contributed by atoms with van der Waals surface area (Å²) in [6.07, 6.45) is 6.52. The molecule has 0 N–H and O–H groups in total. The van der Waals surface area contributed by atoms with Crippen LogP contribution in [0, 0.1) is 23.7 Å². The summed E-state index contributed by atoms with van der Waals surface area (Å²) in [5.41, 5.74) is 0.745. The molecule has 0 aromatic carbocycles. The fraction of sp³-hybridized carbons (Fsp3) is 0.571. The summed E-state index contributed by atoms with van der Waals surface area (Å²) in [5, 5.41) is 0.615. The second-order valence-electron chi connectivity index (χ2n) is 7.76. The second kappa shape index (κ2) is 8.50. The molecule has 3 saturated heterocycles. The molecule has 0 bridgehead atoms. The maximum atomic E-state index is 12.9. The molecule has 2 atom stereocenters. The first-order valence-electron chi connectivity index (χ1n) is 9.88. The van der Waals surface area contributed by atoms with E-state index in [2.05, 4.69) is 16.8 Å². The van der Waals surface area contributed by atoms with Crippen LogP contribution in [0.1, 0.15) is 31.2 Å². The van der Waals surface area contributed by atoms with Crippen molar-refractivity contribution in [3.63, 3.8) is 0 Å². The minimum Gasteiger partial charge on any atom is -0.370 e. The van der Waals surface area contributed by atoms with E-state index in [9.17, 15) is 9.59 Å². The van der Waals surface area contributed by atoms with Crippen LogP contribution in [0.2, 0.25) is 5.02 Å². The van der Waals surface area contributed by atoms with Gasteiger partial charge in [0.1, 0.15) is 6.61 Å². The molecule has 0 radical (unpaired) electrons. The molecule has 4 heterocycles. The number of pyridine rings is 1. The van der Waals surface area contributed by atoms with Gasteiger partial charge in [-0.2, -0.15) is 0 Å². The molecule has 2 amide bonds. The Morgan fingerprint density at radius 2 is 2.00 bits per heavy atom. The Kier molecular flexibility index (Phi) is 5.84. The minimum absolute atomic E-state index is 0.0817. The molecule has 3 aliphatic heterocycles. The number of amides is 2. The molecule has 7 heteroatoms. The largest absolute Gasteiger partial charge is 0.370 e. The summed E-state index contributed by atoms with van der Waals surface area (Å²) in [6.45, 7) is 2.97. The third-order valence-corrected chi connectivity index (χ3v) is 6.16. The van der Waals surface area contributed by atoms with Gasteiger partial charge in [-0.25, -0.2) is 4.79 Å². The van der Waals surface area contributed by atoms with Gasteiger partial charge in [0.25, 0.3) is 0 Å². The molecule has 0 spiro atoms. The molecule has 1 aromatic rings. The van der Waals surface area contributed by atoms with Gasteiger partial charge in [-0.15, -0.1) is 0 Å². The molecule has 0 saturated carbocycles. The first kappa shape index (κ1) is 19.2. The Balaban J connectivity index is 1.30. The number of fused-ring (bicyclic) bond motifs is 1. The third kappa shape index (κ3) is 4.31. The summed E-state index contributed by atoms with van der Waals surface area (Å²) < 4.78 is 5.62. The average Bonchev–Trinajstić information content (AvgIpc) is 2.72. The first-order chi connectivity index (χ1) is 13.6. The monoisotopic (exact) mass is 401 g/mol. The summed E-state index contributed by atoms with van der Waals surface area (Å²) in [7, 11) is 0. The Morgan fingerprint density at radius 3 is 2.79 bits per heavy atom. The van der Waals surface area contributed by atoms with Crippen molar-refractivity contribution in [2.24, 2.45) is 11.8 Å². The first-order valence-corrected chi connectivity index (χ1v) is 10.3. The molecule has 4 rings (SSSR count). The number of likely N-dealkylation sites (tertiary alicyclic amines) is 2. The fourth-order valence-corrected chi connectivity index (χ4v) is 4.37. The predicted molar refractivity (Wildman–Crippen MR) is 105 cm³/mol. The lowest BCUT2D eigenvalue weighted by atomic mass is 9.88. The van der Waals surface area contributed by atoms with Crippen molar-refractivity contribution in [2.75, 3.05) is 32.8 Å². The van der Waals surface area contributed by atoms with Gasteiger partial charge in [-0.1, -0.05) is 23.4 Å². The molecular weight excluding hydrogens is 378 g/mol. The van der Waals surface area contributed by atoms with Gasteiger partial charge >= 0.3 is 6.03 Å². The maximum absolute atomic E-state index is 12.9. The van der Waals surface area contributed by atoms with E-state index in [1.54, 1.807) is 18.5 Å². The number of carbonyl (C=O) groups excluding carboxylic acids is 2. The minimum atomic E-state index is 0.0817. The van der Waals surface area contributed by atoms with Gasteiger partial charge in [0.2, 0.25) is 0 Å². The van der Waals surface area contributed by atoms with Crippen molar-refractivity contribution in [1.82, 2.24) is 14.8 Å². The van der Waals surface area contributed by atoms with Crippen LogP contribution < -0.4 is 0 Å². The Hall–Kier alpha value is -2.10. The quantitative estimate of drug-likeness (QED) is 0.627. The van der Waals surface area contributed by atoms with E-state index in [-0.39, 0.29) is 36.4 Å². The fourth-order valence-electron chi connectivity index (χ4n) is 4.22. The van der Waals surface area contributed by atoms with E-state index >= 15 is 0 Å². The number of hydrogen-bond donors (Lipinski definition) is 0. The Labute approximate surface area is 170 Å². The van der Waals surface area contributed by atoms with E-state index in [0.717, 1.165) is 24.8 Å². The number of nitrogens with zero attached hydrogens (tertiary/aromatic N) is 3. The summed E-state index contributed by atoms with van der Waals surface area (Å²) in [5.74, 6) is 6.95. The van der Waals surface area contributed by atoms with Crippen LogP contribution in [0.15, 0.2) is 18.5 Å². The molecule has 28 heavy (non-hydrogen) atoms. The molecule has 1 aromatic heterocycles. The lowest BCUT2D eigenvalue weighted by Crippen LogP contribution is -2.54. The lowest BCUT2D eigenvalue weighted by molar-refractivity contribution is -0.139. The summed E-state index contributed by atoms with van der Waals surface area (Å²) >= 11 is 6.12. The summed E-state index contributed by atoms with van der Waals surface area (Å²) in [4.78, 5) is 32.4. The van der Waals surface area contributed by atoms with Crippen LogP contribution in [0.25, 0.3) is 0 Å². The van der Waals surface area contributed by atoms with Crippen molar-refractivity contribution in [3.8, 4) is 11.8 Å². The van der Waals surface area contributed by atoms with Crippen LogP contribution >= 0.6 is 11.6 Å². The third-order valence-electron chi connectivity index (χ3n) is 5.83. The van der Waals surface area contributed by atoms with E-state index < -0.39 is 0 Å². The lowest BCUT2D eigenvalue weighted by Gasteiger charge is -2.42. The number of ketones is 1. The highest BCUT2D eigenvalue weighted by atomic mass is 35.5.